The maximum absolute atomic E-state index is 11.4. The molecule has 1 heterocycles. The predicted molar refractivity (Wildman–Crippen MR) is 55.4 cm³/mol. The summed E-state index contributed by atoms with van der Waals surface area (Å²) < 4.78 is 5.06. The molecule has 1 N–H and O–H groups in total. The minimum atomic E-state index is -0.161. The fourth-order valence-corrected chi connectivity index (χ4v) is 2.09. The molecule has 0 aromatic carbocycles. The van der Waals surface area contributed by atoms with Crippen LogP contribution >= 0.6 is 0 Å². The van der Waals surface area contributed by atoms with Crippen LogP contribution in [0.4, 0.5) is 0 Å². The third kappa shape index (κ3) is 3.08. The van der Waals surface area contributed by atoms with Crippen LogP contribution in [-0.2, 0) is 4.79 Å². The highest BCUT2D eigenvalue weighted by Gasteiger charge is 2.16. The van der Waals surface area contributed by atoms with E-state index >= 15 is 0 Å². The van der Waals surface area contributed by atoms with Crippen molar-refractivity contribution in [3.63, 3.8) is 0 Å². The highest BCUT2D eigenvalue weighted by molar-refractivity contribution is 5.71. The molecule has 0 aliphatic heterocycles. The number of imidazole rings is 1. The van der Waals surface area contributed by atoms with Gasteiger partial charge >= 0.3 is 5.97 Å². The van der Waals surface area contributed by atoms with Gasteiger partial charge < -0.3 is 9.72 Å². The molecule has 0 amide bonds. The van der Waals surface area contributed by atoms with Crippen LogP contribution in [0.15, 0.2) is 12.5 Å². The van der Waals surface area contributed by atoms with E-state index in [9.17, 15) is 4.79 Å². The van der Waals surface area contributed by atoms with Crippen molar-refractivity contribution in [2.45, 2.75) is 38.5 Å². The van der Waals surface area contributed by atoms with Crippen molar-refractivity contribution < 1.29 is 9.53 Å². The molecule has 1 saturated carbocycles. The largest absolute Gasteiger partial charge is 0.408 e. The fourth-order valence-electron chi connectivity index (χ4n) is 2.09. The molecule has 0 unspecified atom stereocenters. The fraction of sp³-hybridized carbons (Fsp3) is 0.636. The summed E-state index contributed by atoms with van der Waals surface area (Å²) in [6, 6.07) is 0. The Morgan fingerprint density at radius 1 is 1.53 bits per heavy atom. The summed E-state index contributed by atoms with van der Waals surface area (Å²) in [4.78, 5) is 17.9. The zero-order valence-corrected chi connectivity index (χ0v) is 8.74. The molecule has 4 nitrogen and oxygen atoms in total. The first kappa shape index (κ1) is 10.2. The van der Waals surface area contributed by atoms with Crippen LogP contribution < -0.4 is 4.74 Å². The summed E-state index contributed by atoms with van der Waals surface area (Å²) in [5.41, 5.74) is 0. The molecule has 1 aromatic heterocycles. The van der Waals surface area contributed by atoms with E-state index in [0.717, 1.165) is 12.3 Å². The molecule has 1 aliphatic rings. The highest BCUT2D eigenvalue weighted by atomic mass is 16.5. The number of hydrogen-bond donors (Lipinski definition) is 1. The Morgan fingerprint density at radius 2 is 2.33 bits per heavy atom. The SMILES string of the molecule is O=C(CCC1CCCC1)Oc1cnc[nH]1. The molecule has 0 atom stereocenters. The van der Waals surface area contributed by atoms with Gasteiger partial charge in [-0.1, -0.05) is 25.7 Å². The topological polar surface area (TPSA) is 55.0 Å². The molecule has 1 fully saturated rings. The van der Waals surface area contributed by atoms with Gasteiger partial charge in [-0.15, -0.1) is 0 Å². The number of hydrogen-bond acceptors (Lipinski definition) is 3. The van der Waals surface area contributed by atoms with E-state index in [4.69, 9.17) is 4.74 Å². The number of H-pyrrole nitrogens is 1. The molecule has 0 radical (unpaired) electrons. The number of aromatic nitrogens is 2. The third-order valence-corrected chi connectivity index (χ3v) is 2.93. The molecule has 2 rings (SSSR count). The third-order valence-electron chi connectivity index (χ3n) is 2.93. The summed E-state index contributed by atoms with van der Waals surface area (Å²) in [5.74, 6) is 1.01. The van der Waals surface area contributed by atoms with Crippen molar-refractivity contribution in [1.82, 2.24) is 9.97 Å². The molecule has 0 bridgehead atoms. The average molecular weight is 208 g/mol. The smallest absolute Gasteiger partial charge is 0.312 e. The molecular weight excluding hydrogens is 192 g/mol. The van der Waals surface area contributed by atoms with Gasteiger partial charge in [0.05, 0.1) is 12.5 Å². The lowest BCUT2D eigenvalue weighted by atomic mass is 10.0. The second-order valence-corrected chi connectivity index (χ2v) is 4.08. The van der Waals surface area contributed by atoms with Crippen LogP contribution in [0.3, 0.4) is 0 Å². The Morgan fingerprint density at radius 3 is 3.00 bits per heavy atom. The van der Waals surface area contributed by atoms with Gasteiger partial charge in [0.1, 0.15) is 0 Å². The Hall–Kier alpha value is -1.32. The van der Waals surface area contributed by atoms with Crippen LogP contribution in [-0.4, -0.2) is 15.9 Å². The van der Waals surface area contributed by atoms with Crippen LogP contribution in [0.1, 0.15) is 38.5 Å². The van der Waals surface area contributed by atoms with Crippen molar-refractivity contribution in [2.24, 2.45) is 5.92 Å². The van der Waals surface area contributed by atoms with E-state index in [1.165, 1.54) is 38.2 Å². The van der Waals surface area contributed by atoms with Crippen molar-refractivity contribution in [3.05, 3.63) is 12.5 Å². The van der Waals surface area contributed by atoms with E-state index in [2.05, 4.69) is 9.97 Å². The zero-order chi connectivity index (χ0) is 10.5. The first-order chi connectivity index (χ1) is 7.34. The van der Waals surface area contributed by atoms with Gasteiger partial charge in [0.15, 0.2) is 0 Å². The van der Waals surface area contributed by atoms with Gasteiger partial charge in [-0.3, -0.25) is 4.79 Å². The van der Waals surface area contributed by atoms with Crippen molar-refractivity contribution in [3.8, 4) is 5.88 Å². The van der Waals surface area contributed by atoms with Crippen LogP contribution in [0.25, 0.3) is 0 Å². The van der Waals surface area contributed by atoms with E-state index in [0.29, 0.717) is 12.3 Å². The Bertz CT molecular complexity index is 302. The molecule has 1 aliphatic carbocycles. The van der Waals surface area contributed by atoms with E-state index < -0.39 is 0 Å². The van der Waals surface area contributed by atoms with Gasteiger partial charge in [-0.2, -0.15) is 0 Å². The van der Waals surface area contributed by atoms with Gasteiger partial charge in [0, 0.05) is 6.42 Å². The predicted octanol–water partition coefficient (Wildman–Crippen LogP) is 2.29. The Labute approximate surface area is 89.0 Å². The molecule has 15 heavy (non-hydrogen) atoms. The number of aromatic amines is 1. The Kier molecular flexibility index (Phi) is 3.37. The summed E-state index contributed by atoms with van der Waals surface area (Å²) >= 11 is 0. The second-order valence-electron chi connectivity index (χ2n) is 4.08. The van der Waals surface area contributed by atoms with Crippen molar-refractivity contribution in [2.75, 3.05) is 0 Å². The monoisotopic (exact) mass is 208 g/mol. The number of carbonyl (C=O) groups excluding carboxylic acids is 1. The second kappa shape index (κ2) is 4.96. The maximum Gasteiger partial charge on any atom is 0.312 e. The van der Waals surface area contributed by atoms with Crippen LogP contribution in [0.2, 0.25) is 0 Å². The summed E-state index contributed by atoms with van der Waals surface area (Å²) in [5, 5.41) is 0. The van der Waals surface area contributed by atoms with E-state index in [1.807, 2.05) is 0 Å². The number of nitrogens with one attached hydrogen (secondary N) is 1. The van der Waals surface area contributed by atoms with Crippen molar-refractivity contribution >= 4 is 5.97 Å². The number of nitrogens with zero attached hydrogens (tertiary/aromatic N) is 1. The summed E-state index contributed by atoms with van der Waals surface area (Å²) in [7, 11) is 0. The lowest BCUT2D eigenvalue weighted by molar-refractivity contribution is -0.134. The quantitative estimate of drug-likeness (QED) is 0.772. The number of ether oxygens (including phenoxy) is 1. The molecule has 4 heteroatoms. The van der Waals surface area contributed by atoms with Crippen LogP contribution in [0.5, 0.6) is 5.88 Å². The molecule has 0 spiro atoms. The zero-order valence-electron chi connectivity index (χ0n) is 8.74. The molecule has 82 valence electrons. The summed E-state index contributed by atoms with van der Waals surface area (Å²) in [6.07, 6.45) is 9.68. The standard InChI is InChI=1S/C11H16N2O2/c14-11(15-10-7-12-8-13-10)6-5-9-3-1-2-4-9/h7-9H,1-6H2,(H,12,13). The highest BCUT2D eigenvalue weighted by Crippen LogP contribution is 2.28. The average Bonchev–Trinajstić information content (AvgIpc) is 2.86. The summed E-state index contributed by atoms with van der Waals surface area (Å²) in [6.45, 7) is 0. The molecule has 1 aromatic rings. The van der Waals surface area contributed by atoms with Gasteiger partial charge in [0.2, 0.25) is 5.88 Å². The number of esters is 1. The Balaban J connectivity index is 1.68. The first-order valence-electron chi connectivity index (χ1n) is 5.53. The first-order valence-corrected chi connectivity index (χ1v) is 5.53. The minimum absolute atomic E-state index is 0.161. The van der Waals surface area contributed by atoms with E-state index in [1.54, 1.807) is 0 Å². The van der Waals surface area contributed by atoms with Crippen LogP contribution in [0, 0.1) is 5.92 Å². The maximum atomic E-state index is 11.4. The van der Waals surface area contributed by atoms with E-state index in [-0.39, 0.29) is 5.97 Å². The van der Waals surface area contributed by atoms with Gasteiger partial charge in [-0.05, 0) is 12.3 Å². The van der Waals surface area contributed by atoms with Crippen molar-refractivity contribution in [1.29, 1.82) is 0 Å². The van der Waals surface area contributed by atoms with Gasteiger partial charge in [0.25, 0.3) is 0 Å². The molecular formula is C11H16N2O2. The molecule has 0 saturated heterocycles. The number of carbonyl (C=O) groups is 1. The lowest BCUT2D eigenvalue weighted by Crippen LogP contribution is -2.09. The minimum Gasteiger partial charge on any atom is -0.408 e. The normalized spacial score (nSPS) is 16.8. The number of rotatable bonds is 4. The lowest BCUT2D eigenvalue weighted by Gasteiger charge is -2.07. The van der Waals surface area contributed by atoms with Gasteiger partial charge in [-0.25, -0.2) is 4.98 Å².